The number of Topliss-reactive ketones (excluding diaryl/α,β-unsaturated/α-hetero) is 1. The van der Waals surface area contributed by atoms with Crippen molar-refractivity contribution in [3.63, 3.8) is 0 Å². The van der Waals surface area contributed by atoms with E-state index >= 15 is 0 Å². The number of benzene rings is 2. The highest BCUT2D eigenvalue weighted by Crippen LogP contribution is 2.31. The summed E-state index contributed by atoms with van der Waals surface area (Å²) in [7, 11) is 0. The van der Waals surface area contributed by atoms with E-state index in [4.69, 9.17) is 0 Å². The summed E-state index contributed by atoms with van der Waals surface area (Å²) in [6.45, 7) is 0.652. The molecule has 0 aromatic heterocycles. The maximum Gasteiger partial charge on any atom is 0.416 e. The van der Waals surface area contributed by atoms with Crippen LogP contribution >= 0.6 is 11.8 Å². The molecular weight excluding hydrogens is 387 g/mol. The quantitative estimate of drug-likeness (QED) is 0.519. The normalized spacial score (nSPS) is 17.4. The van der Waals surface area contributed by atoms with Gasteiger partial charge in [0.25, 0.3) is 5.91 Å². The fourth-order valence-electron chi connectivity index (χ4n) is 3.45. The zero-order valence-electron chi connectivity index (χ0n) is 15.3. The Labute approximate surface area is 165 Å². The van der Waals surface area contributed by atoms with Gasteiger partial charge in [0.15, 0.2) is 5.78 Å². The second-order valence-corrected chi connectivity index (χ2v) is 7.58. The molecule has 1 aliphatic rings. The van der Waals surface area contributed by atoms with Crippen molar-refractivity contribution in [2.75, 3.05) is 19.3 Å². The minimum Gasteiger partial charge on any atom is -0.338 e. The number of nitrogens with zero attached hydrogens (tertiary/aromatic N) is 1. The molecule has 148 valence electrons. The molecule has 0 aliphatic carbocycles. The van der Waals surface area contributed by atoms with Gasteiger partial charge in [-0.1, -0.05) is 24.3 Å². The van der Waals surface area contributed by atoms with Gasteiger partial charge in [-0.15, -0.1) is 11.8 Å². The summed E-state index contributed by atoms with van der Waals surface area (Å²) in [4.78, 5) is 28.1. The van der Waals surface area contributed by atoms with Crippen LogP contribution in [-0.4, -0.2) is 35.9 Å². The first kappa shape index (κ1) is 20.5. The number of halogens is 3. The molecule has 2 aromatic carbocycles. The van der Waals surface area contributed by atoms with Gasteiger partial charge >= 0.3 is 6.18 Å². The second kappa shape index (κ2) is 8.39. The van der Waals surface area contributed by atoms with E-state index in [2.05, 4.69) is 0 Å². The van der Waals surface area contributed by atoms with Gasteiger partial charge < -0.3 is 4.90 Å². The zero-order valence-corrected chi connectivity index (χ0v) is 16.1. The number of likely N-dealkylation sites (tertiary alicyclic amines) is 1. The van der Waals surface area contributed by atoms with Crippen molar-refractivity contribution in [3.8, 4) is 0 Å². The Hall–Kier alpha value is -2.28. The first-order chi connectivity index (χ1) is 13.3. The summed E-state index contributed by atoms with van der Waals surface area (Å²) in [6.07, 6.45) is -1.30. The molecule has 1 atom stereocenters. The van der Waals surface area contributed by atoms with Crippen LogP contribution in [0.3, 0.4) is 0 Å². The van der Waals surface area contributed by atoms with Crippen LogP contribution in [0.1, 0.15) is 39.1 Å². The maximum atomic E-state index is 13.0. The molecule has 1 heterocycles. The summed E-state index contributed by atoms with van der Waals surface area (Å²) in [5.74, 6) is -0.843. The van der Waals surface area contributed by atoms with Crippen LogP contribution in [0, 0.1) is 5.92 Å². The minimum atomic E-state index is -4.50. The van der Waals surface area contributed by atoms with Crippen molar-refractivity contribution in [2.45, 2.75) is 23.9 Å². The number of carbonyl (C=O) groups is 2. The van der Waals surface area contributed by atoms with Gasteiger partial charge in [0.1, 0.15) is 0 Å². The Balaban J connectivity index is 1.78. The maximum absolute atomic E-state index is 13.0. The molecular formula is C21H20F3NO2S. The Morgan fingerprint density at radius 1 is 1.11 bits per heavy atom. The second-order valence-electron chi connectivity index (χ2n) is 6.73. The van der Waals surface area contributed by atoms with Crippen LogP contribution < -0.4 is 0 Å². The average molecular weight is 407 g/mol. The monoisotopic (exact) mass is 407 g/mol. The summed E-state index contributed by atoms with van der Waals surface area (Å²) in [6, 6.07) is 11.8. The Bertz CT molecular complexity index is 882. The number of rotatable bonds is 4. The molecule has 1 saturated heterocycles. The van der Waals surface area contributed by atoms with E-state index in [9.17, 15) is 22.8 Å². The van der Waals surface area contributed by atoms with E-state index in [1.54, 1.807) is 12.1 Å². The Kier molecular flexibility index (Phi) is 6.13. The van der Waals surface area contributed by atoms with Gasteiger partial charge in [-0.2, -0.15) is 13.2 Å². The van der Waals surface area contributed by atoms with Crippen LogP contribution in [0.5, 0.6) is 0 Å². The Morgan fingerprint density at radius 3 is 2.57 bits per heavy atom. The van der Waals surface area contributed by atoms with Crippen molar-refractivity contribution in [2.24, 2.45) is 5.92 Å². The summed E-state index contributed by atoms with van der Waals surface area (Å²) in [5.41, 5.74) is -0.224. The first-order valence-corrected chi connectivity index (χ1v) is 10.2. The van der Waals surface area contributed by atoms with Crippen LogP contribution in [0.15, 0.2) is 53.4 Å². The highest BCUT2D eigenvalue weighted by molar-refractivity contribution is 7.98. The smallest absolute Gasteiger partial charge is 0.338 e. The average Bonchev–Trinajstić information content (AvgIpc) is 2.72. The van der Waals surface area contributed by atoms with Crippen molar-refractivity contribution < 1.29 is 22.8 Å². The first-order valence-electron chi connectivity index (χ1n) is 8.95. The molecule has 28 heavy (non-hydrogen) atoms. The van der Waals surface area contributed by atoms with Crippen molar-refractivity contribution in [3.05, 3.63) is 65.2 Å². The Morgan fingerprint density at radius 2 is 1.86 bits per heavy atom. The number of thioether (sulfide) groups is 1. The third-order valence-electron chi connectivity index (χ3n) is 4.89. The number of carbonyl (C=O) groups excluding carboxylic acids is 2. The molecule has 0 radical (unpaired) electrons. The van der Waals surface area contributed by atoms with Crippen molar-refractivity contribution in [1.82, 2.24) is 4.90 Å². The van der Waals surface area contributed by atoms with Crippen LogP contribution in [-0.2, 0) is 6.18 Å². The lowest BCUT2D eigenvalue weighted by Gasteiger charge is -2.32. The van der Waals surface area contributed by atoms with E-state index in [0.29, 0.717) is 24.9 Å². The van der Waals surface area contributed by atoms with E-state index < -0.39 is 17.6 Å². The summed E-state index contributed by atoms with van der Waals surface area (Å²) in [5, 5.41) is 0. The van der Waals surface area contributed by atoms with Gasteiger partial charge in [-0.25, -0.2) is 0 Å². The van der Waals surface area contributed by atoms with Gasteiger partial charge in [0.2, 0.25) is 0 Å². The highest BCUT2D eigenvalue weighted by atomic mass is 32.2. The van der Waals surface area contributed by atoms with Crippen molar-refractivity contribution in [1.29, 1.82) is 0 Å². The summed E-state index contributed by atoms with van der Waals surface area (Å²) >= 11 is 1.49. The van der Waals surface area contributed by atoms with E-state index in [-0.39, 0.29) is 23.8 Å². The predicted molar refractivity (Wildman–Crippen MR) is 103 cm³/mol. The molecule has 0 N–H and O–H groups in total. The summed E-state index contributed by atoms with van der Waals surface area (Å²) < 4.78 is 38.8. The molecule has 1 fully saturated rings. The highest BCUT2D eigenvalue weighted by Gasteiger charge is 2.33. The third-order valence-corrected chi connectivity index (χ3v) is 5.68. The third kappa shape index (κ3) is 4.41. The SMILES string of the molecule is CSc1ccccc1C(=O)C1CCCN(C(=O)c2cccc(C(F)(F)F)c2)C1. The molecule has 2 aromatic rings. The van der Waals surface area contributed by atoms with Crippen LogP contribution in [0.4, 0.5) is 13.2 Å². The van der Waals surface area contributed by atoms with Gasteiger partial charge in [-0.05, 0) is 43.4 Å². The number of alkyl halides is 3. The lowest BCUT2D eigenvalue weighted by molar-refractivity contribution is -0.137. The van der Waals surface area contributed by atoms with E-state index in [1.165, 1.54) is 28.8 Å². The largest absolute Gasteiger partial charge is 0.416 e. The van der Waals surface area contributed by atoms with E-state index in [0.717, 1.165) is 17.0 Å². The molecule has 3 nitrogen and oxygen atoms in total. The molecule has 1 unspecified atom stereocenters. The number of ketones is 1. The number of hydrogen-bond acceptors (Lipinski definition) is 3. The standard InChI is InChI=1S/C21H20F3NO2S/c1-28-18-10-3-2-9-17(18)19(26)15-7-5-11-25(13-15)20(27)14-6-4-8-16(12-14)21(22,23)24/h2-4,6,8-10,12,15H,5,7,11,13H2,1H3. The predicted octanol–water partition coefficient (Wildman–Crippen LogP) is 5.16. The molecule has 7 heteroatoms. The number of hydrogen-bond donors (Lipinski definition) is 0. The van der Waals surface area contributed by atoms with Crippen molar-refractivity contribution >= 4 is 23.5 Å². The zero-order chi connectivity index (χ0) is 20.3. The van der Waals surface area contributed by atoms with E-state index in [1.807, 2.05) is 18.4 Å². The van der Waals surface area contributed by atoms with Gasteiger partial charge in [0.05, 0.1) is 5.56 Å². The van der Waals surface area contributed by atoms with Gasteiger partial charge in [-0.3, -0.25) is 9.59 Å². The molecule has 1 amide bonds. The number of piperidine rings is 1. The fourth-order valence-corrected chi connectivity index (χ4v) is 4.06. The lowest BCUT2D eigenvalue weighted by atomic mass is 9.89. The molecule has 0 saturated carbocycles. The molecule has 1 aliphatic heterocycles. The fraction of sp³-hybridized carbons (Fsp3) is 0.333. The molecule has 0 bridgehead atoms. The lowest BCUT2D eigenvalue weighted by Crippen LogP contribution is -2.42. The van der Waals surface area contributed by atoms with Crippen LogP contribution in [0.2, 0.25) is 0 Å². The molecule has 3 rings (SSSR count). The van der Waals surface area contributed by atoms with Gasteiger partial charge in [0, 0.05) is 35.0 Å². The molecule has 0 spiro atoms. The topological polar surface area (TPSA) is 37.4 Å². The van der Waals surface area contributed by atoms with Crippen LogP contribution in [0.25, 0.3) is 0 Å². The number of amides is 1. The minimum absolute atomic E-state index is 0.00700.